The minimum absolute atomic E-state index is 0.0818. The third kappa shape index (κ3) is 6.33. The van der Waals surface area contributed by atoms with Crippen LogP contribution < -0.4 is 0 Å². The van der Waals surface area contributed by atoms with Gasteiger partial charge in [0.25, 0.3) is 0 Å². The van der Waals surface area contributed by atoms with Gasteiger partial charge in [-0.1, -0.05) is 20.8 Å². The Balaban J connectivity index is 4.43. The minimum Gasteiger partial charge on any atom is -0.396 e. The normalized spacial score (nSPS) is 16.5. The molecular formula is C11H22F3NO. The van der Waals surface area contributed by atoms with Crippen molar-refractivity contribution in [3.63, 3.8) is 0 Å². The van der Waals surface area contributed by atoms with Crippen LogP contribution >= 0.6 is 0 Å². The second-order valence-corrected chi connectivity index (χ2v) is 4.65. The lowest BCUT2D eigenvalue weighted by molar-refractivity contribution is -0.149. The molecule has 0 aromatic carbocycles. The van der Waals surface area contributed by atoms with E-state index in [1.54, 1.807) is 0 Å². The molecule has 2 nitrogen and oxygen atoms in total. The molecule has 0 aliphatic heterocycles. The van der Waals surface area contributed by atoms with Crippen LogP contribution in [0.2, 0.25) is 0 Å². The molecule has 5 heteroatoms. The average molecular weight is 241 g/mol. The maximum absolute atomic E-state index is 12.3. The summed E-state index contributed by atoms with van der Waals surface area (Å²) in [6, 6.07) is 0. The Hall–Kier alpha value is -0.290. The third-order valence-electron chi connectivity index (χ3n) is 2.78. The first-order chi connectivity index (χ1) is 7.26. The van der Waals surface area contributed by atoms with Crippen LogP contribution in [-0.2, 0) is 0 Å². The number of halogens is 3. The first-order valence-electron chi connectivity index (χ1n) is 5.66. The summed E-state index contributed by atoms with van der Waals surface area (Å²) in [5.41, 5.74) is -0.444. The third-order valence-corrected chi connectivity index (χ3v) is 2.78. The first kappa shape index (κ1) is 15.7. The lowest BCUT2D eigenvalue weighted by atomic mass is 9.88. The molecule has 98 valence electrons. The highest BCUT2D eigenvalue weighted by atomic mass is 19.4. The molecule has 16 heavy (non-hydrogen) atoms. The Kier molecular flexibility index (Phi) is 6.33. The van der Waals surface area contributed by atoms with Crippen molar-refractivity contribution in [2.45, 2.75) is 39.8 Å². The van der Waals surface area contributed by atoms with E-state index in [0.717, 1.165) is 0 Å². The maximum Gasteiger partial charge on any atom is 0.401 e. The fraction of sp³-hybridized carbons (Fsp3) is 1.00. The summed E-state index contributed by atoms with van der Waals surface area (Å²) in [7, 11) is 0. The van der Waals surface area contributed by atoms with Gasteiger partial charge in [-0.25, -0.2) is 0 Å². The van der Waals surface area contributed by atoms with Gasteiger partial charge in [0.05, 0.1) is 6.54 Å². The Bertz CT molecular complexity index is 190. The van der Waals surface area contributed by atoms with Crippen molar-refractivity contribution in [1.29, 1.82) is 0 Å². The van der Waals surface area contributed by atoms with Crippen LogP contribution in [0, 0.1) is 5.41 Å². The molecule has 0 bridgehead atoms. The van der Waals surface area contributed by atoms with E-state index in [-0.39, 0.29) is 13.2 Å². The molecule has 0 aliphatic carbocycles. The molecule has 0 aromatic rings. The number of rotatable bonds is 7. The van der Waals surface area contributed by atoms with Gasteiger partial charge >= 0.3 is 6.18 Å². The van der Waals surface area contributed by atoms with E-state index < -0.39 is 18.1 Å². The topological polar surface area (TPSA) is 23.5 Å². The van der Waals surface area contributed by atoms with Gasteiger partial charge in [0.2, 0.25) is 0 Å². The molecule has 0 aromatic heterocycles. The first-order valence-corrected chi connectivity index (χ1v) is 5.66. The second-order valence-electron chi connectivity index (χ2n) is 4.65. The predicted molar refractivity (Wildman–Crippen MR) is 58.3 cm³/mol. The largest absolute Gasteiger partial charge is 0.401 e. The highest BCUT2D eigenvalue weighted by Gasteiger charge is 2.33. The molecule has 0 saturated carbocycles. The van der Waals surface area contributed by atoms with E-state index in [9.17, 15) is 18.3 Å². The van der Waals surface area contributed by atoms with Crippen LogP contribution in [0.3, 0.4) is 0 Å². The van der Waals surface area contributed by atoms with Gasteiger partial charge in [0.1, 0.15) is 0 Å². The maximum atomic E-state index is 12.3. The molecule has 1 unspecified atom stereocenters. The molecule has 0 fully saturated rings. The van der Waals surface area contributed by atoms with Crippen LogP contribution in [0.15, 0.2) is 0 Å². The molecule has 0 spiro atoms. The summed E-state index contributed by atoms with van der Waals surface area (Å²) < 4.78 is 36.9. The minimum atomic E-state index is -4.17. The zero-order valence-electron chi connectivity index (χ0n) is 10.3. The van der Waals surface area contributed by atoms with Crippen molar-refractivity contribution in [1.82, 2.24) is 4.90 Å². The number of aliphatic hydroxyl groups is 1. The summed E-state index contributed by atoms with van der Waals surface area (Å²) in [5.74, 6) is 0. The number of aliphatic hydroxyl groups excluding tert-OH is 1. The predicted octanol–water partition coefficient (Wildman–Crippen LogP) is 2.67. The summed E-state index contributed by atoms with van der Waals surface area (Å²) >= 11 is 0. The standard InChI is InChI=1S/C11H22F3NO/c1-4-6-15(8-11(12,13)14)7-10(3,5-2)9-16/h16H,4-9H2,1-3H3. The highest BCUT2D eigenvalue weighted by molar-refractivity contribution is 4.77. The van der Waals surface area contributed by atoms with Gasteiger partial charge in [0, 0.05) is 18.6 Å². The SMILES string of the molecule is CCCN(CC(F)(F)F)CC(C)(CC)CO. The van der Waals surface area contributed by atoms with Crippen molar-refractivity contribution < 1.29 is 18.3 Å². The van der Waals surface area contributed by atoms with Crippen molar-refractivity contribution >= 4 is 0 Å². The van der Waals surface area contributed by atoms with Crippen molar-refractivity contribution in [2.24, 2.45) is 5.41 Å². The van der Waals surface area contributed by atoms with E-state index in [1.165, 1.54) is 4.90 Å². The van der Waals surface area contributed by atoms with Crippen LogP contribution in [0.25, 0.3) is 0 Å². The van der Waals surface area contributed by atoms with E-state index >= 15 is 0 Å². The van der Waals surface area contributed by atoms with E-state index in [2.05, 4.69) is 0 Å². The summed E-state index contributed by atoms with van der Waals surface area (Å²) in [6.07, 6.45) is -2.82. The van der Waals surface area contributed by atoms with Gasteiger partial charge in [-0.3, -0.25) is 4.90 Å². The van der Waals surface area contributed by atoms with Crippen LogP contribution in [0.4, 0.5) is 13.2 Å². The van der Waals surface area contributed by atoms with Gasteiger partial charge in [-0.05, 0) is 19.4 Å². The lowest BCUT2D eigenvalue weighted by Crippen LogP contribution is -2.43. The average Bonchev–Trinajstić information content (AvgIpc) is 2.15. The summed E-state index contributed by atoms with van der Waals surface area (Å²) in [5, 5.41) is 9.19. The van der Waals surface area contributed by atoms with Crippen molar-refractivity contribution in [2.75, 3.05) is 26.2 Å². The van der Waals surface area contributed by atoms with Crippen molar-refractivity contribution in [3.8, 4) is 0 Å². The fourth-order valence-electron chi connectivity index (χ4n) is 1.60. The second kappa shape index (κ2) is 6.45. The number of nitrogens with zero attached hydrogens (tertiary/aromatic N) is 1. The molecule has 0 rings (SSSR count). The molecule has 1 N–H and O–H groups in total. The van der Waals surface area contributed by atoms with E-state index in [4.69, 9.17) is 0 Å². The Labute approximate surface area is 95.4 Å². The Morgan fingerprint density at radius 2 is 1.69 bits per heavy atom. The van der Waals surface area contributed by atoms with Crippen LogP contribution in [0.5, 0.6) is 0 Å². The molecular weight excluding hydrogens is 219 g/mol. The highest BCUT2D eigenvalue weighted by Crippen LogP contribution is 2.24. The van der Waals surface area contributed by atoms with E-state index in [0.29, 0.717) is 19.4 Å². The Morgan fingerprint density at radius 1 is 1.12 bits per heavy atom. The fourth-order valence-corrected chi connectivity index (χ4v) is 1.60. The van der Waals surface area contributed by atoms with Crippen LogP contribution in [0.1, 0.15) is 33.6 Å². The zero-order chi connectivity index (χ0) is 12.8. The summed E-state index contributed by atoms with van der Waals surface area (Å²) in [6.45, 7) is 5.27. The van der Waals surface area contributed by atoms with Gasteiger partial charge < -0.3 is 5.11 Å². The molecule has 0 aliphatic rings. The Morgan fingerprint density at radius 3 is 2.00 bits per heavy atom. The van der Waals surface area contributed by atoms with Crippen molar-refractivity contribution in [3.05, 3.63) is 0 Å². The molecule has 0 saturated heterocycles. The number of alkyl halides is 3. The smallest absolute Gasteiger partial charge is 0.396 e. The van der Waals surface area contributed by atoms with Gasteiger partial charge in [-0.15, -0.1) is 0 Å². The van der Waals surface area contributed by atoms with Gasteiger partial charge in [0.15, 0.2) is 0 Å². The van der Waals surface area contributed by atoms with E-state index in [1.807, 2.05) is 20.8 Å². The molecule has 0 amide bonds. The molecule has 0 heterocycles. The zero-order valence-corrected chi connectivity index (χ0v) is 10.3. The number of hydrogen-bond acceptors (Lipinski definition) is 2. The summed E-state index contributed by atoms with van der Waals surface area (Å²) in [4.78, 5) is 1.37. The lowest BCUT2D eigenvalue weighted by Gasteiger charge is -2.33. The van der Waals surface area contributed by atoms with Gasteiger partial charge in [-0.2, -0.15) is 13.2 Å². The molecule has 0 radical (unpaired) electrons. The number of hydrogen-bond donors (Lipinski definition) is 1. The molecule has 1 atom stereocenters. The monoisotopic (exact) mass is 241 g/mol. The van der Waals surface area contributed by atoms with Crippen LogP contribution in [-0.4, -0.2) is 42.4 Å². The quantitative estimate of drug-likeness (QED) is 0.740.